The fourth-order valence-electron chi connectivity index (χ4n) is 4.53. The monoisotopic (exact) mass is 558 g/mol. The molecule has 3 aliphatic heterocycles. The number of carbonyl (C=O) groups excluding carboxylic acids is 2. The van der Waals surface area contributed by atoms with Crippen molar-refractivity contribution in [2.45, 2.75) is 35.5 Å². The second kappa shape index (κ2) is 12.0. The smallest absolute Gasteiger partial charge is 0.243 e. The highest BCUT2D eigenvalue weighted by Gasteiger charge is 2.40. The third-order valence-electron chi connectivity index (χ3n) is 6.53. The second-order valence-electron chi connectivity index (χ2n) is 9.21. The number of sulfonamides is 1. The van der Waals surface area contributed by atoms with Gasteiger partial charge in [0.15, 0.2) is 5.17 Å². The van der Waals surface area contributed by atoms with Crippen LogP contribution in [0.2, 0.25) is 0 Å². The third-order valence-corrected chi connectivity index (χ3v) is 9.62. The average molecular weight is 559 g/mol. The molecule has 3 heterocycles. The molecule has 2 amide bonds. The molecule has 0 spiro atoms. The van der Waals surface area contributed by atoms with Crippen LogP contribution in [0.25, 0.3) is 0 Å². The Labute approximate surface area is 226 Å². The molecule has 38 heavy (non-hydrogen) atoms. The van der Waals surface area contributed by atoms with Gasteiger partial charge in [-0.3, -0.25) is 14.5 Å². The Morgan fingerprint density at radius 1 is 1.05 bits per heavy atom. The molecule has 202 valence electrons. The van der Waals surface area contributed by atoms with Gasteiger partial charge >= 0.3 is 0 Å². The van der Waals surface area contributed by atoms with Gasteiger partial charge in [-0.1, -0.05) is 30.0 Å². The van der Waals surface area contributed by atoms with E-state index in [4.69, 9.17) is 9.47 Å². The summed E-state index contributed by atoms with van der Waals surface area (Å²) in [4.78, 5) is 32.5. The summed E-state index contributed by atoms with van der Waals surface area (Å²) in [6.07, 6.45) is 1.72. The van der Waals surface area contributed by atoms with E-state index < -0.39 is 15.3 Å². The summed E-state index contributed by atoms with van der Waals surface area (Å²) in [5, 5.41) is 2.70. The van der Waals surface area contributed by atoms with Crippen LogP contribution in [0.4, 0.5) is 11.4 Å². The number of thioether (sulfide) groups is 1. The van der Waals surface area contributed by atoms with Gasteiger partial charge in [0.1, 0.15) is 5.25 Å². The molecule has 0 bridgehead atoms. The molecular formula is C26H30N4O6S2. The van der Waals surface area contributed by atoms with Crippen molar-refractivity contribution in [3.8, 4) is 0 Å². The van der Waals surface area contributed by atoms with E-state index in [2.05, 4.69) is 10.3 Å². The van der Waals surface area contributed by atoms with Gasteiger partial charge in [-0.25, -0.2) is 13.4 Å². The number of rotatable bonds is 8. The number of anilines is 1. The molecule has 3 aliphatic rings. The van der Waals surface area contributed by atoms with Crippen LogP contribution in [-0.2, 0) is 29.1 Å². The predicted molar refractivity (Wildman–Crippen MR) is 145 cm³/mol. The molecule has 0 aromatic heterocycles. The largest absolute Gasteiger partial charge is 0.379 e. The lowest BCUT2D eigenvalue weighted by molar-refractivity contribution is -0.129. The number of ether oxygens (including phenoxy) is 2. The van der Waals surface area contributed by atoms with Gasteiger partial charge in [-0.15, -0.1) is 0 Å². The van der Waals surface area contributed by atoms with Crippen molar-refractivity contribution in [1.29, 1.82) is 0 Å². The van der Waals surface area contributed by atoms with Gasteiger partial charge in [0.2, 0.25) is 21.8 Å². The van der Waals surface area contributed by atoms with E-state index in [1.165, 1.54) is 28.2 Å². The van der Waals surface area contributed by atoms with Gasteiger partial charge in [-0.2, -0.15) is 4.31 Å². The standard InChI is InChI=1S/C26H30N4O6S2/c31-24(27-19-5-2-1-3-6-19)17-23-25(32)30(18-21-7-4-14-36-21)26(37-23)28-20-8-10-22(11-9-20)38(33,34)29-12-15-35-16-13-29/h1-3,5-6,8-11,21,23H,4,7,12-18H2,(H,27,31). The van der Waals surface area contributed by atoms with Crippen LogP contribution in [0.3, 0.4) is 0 Å². The summed E-state index contributed by atoms with van der Waals surface area (Å²) in [7, 11) is -3.62. The number of hydrogen-bond donors (Lipinski definition) is 1. The minimum atomic E-state index is -3.62. The Morgan fingerprint density at radius 2 is 1.79 bits per heavy atom. The van der Waals surface area contributed by atoms with Crippen molar-refractivity contribution in [3.63, 3.8) is 0 Å². The van der Waals surface area contributed by atoms with Crippen LogP contribution in [-0.4, -0.2) is 85.4 Å². The fraction of sp³-hybridized carbons (Fsp3) is 0.423. The number of carbonyl (C=O) groups is 2. The third kappa shape index (κ3) is 6.26. The number of aliphatic imine (C=N–C) groups is 1. The molecule has 5 rings (SSSR count). The molecule has 0 saturated carbocycles. The Morgan fingerprint density at radius 3 is 2.47 bits per heavy atom. The maximum Gasteiger partial charge on any atom is 0.243 e. The molecular weight excluding hydrogens is 528 g/mol. The molecule has 1 N–H and O–H groups in total. The van der Waals surface area contributed by atoms with Crippen molar-refractivity contribution < 1.29 is 27.5 Å². The Bertz CT molecular complexity index is 1270. The van der Waals surface area contributed by atoms with E-state index in [-0.39, 0.29) is 29.2 Å². The summed E-state index contributed by atoms with van der Waals surface area (Å²) in [5.74, 6) is -0.433. The quantitative estimate of drug-likeness (QED) is 0.529. The molecule has 3 saturated heterocycles. The van der Waals surface area contributed by atoms with E-state index in [0.29, 0.717) is 56.0 Å². The summed E-state index contributed by atoms with van der Waals surface area (Å²) >= 11 is 1.25. The lowest BCUT2D eigenvalue weighted by atomic mass is 10.2. The molecule has 3 fully saturated rings. The molecule has 2 aromatic carbocycles. The van der Waals surface area contributed by atoms with Crippen molar-refractivity contribution >= 4 is 50.1 Å². The summed E-state index contributed by atoms with van der Waals surface area (Å²) in [6, 6.07) is 15.4. The van der Waals surface area contributed by atoms with Crippen LogP contribution in [0.5, 0.6) is 0 Å². The van der Waals surface area contributed by atoms with E-state index in [0.717, 1.165) is 12.8 Å². The number of amides is 2. The lowest BCUT2D eigenvalue weighted by Gasteiger charge is -2.26. The molecule has 0 radical (unpaired) electrons. The topological polar surface area (TPSA) is 118 Å². The molecule has 0 aliphatic carbocycles. The van der Waals surface area contributed by atoms with Gasteiger partial charge < -0.3 is 14.8 Å². The number of hydrogen-bond acceptors (Lipinski definition) is 8. The SMILES string of the molecule is O=C(CC1SC(=Nc2ccc(S(=O)(=O)N3CCOCC3)cc2)N(CC2CCCO2)C1=O)Nc1ccccc1. The highest BCUT2D eigenvalue weighted by molar-refractivity contribution is 8.15. The molecule has 10 nitrogen and oxygen atoms in total. The zero-order valence-electron chi connectivity index (χ0n) is 20.8. The van der Waals surface area contributed by atoms with Crippen LogP contribution >= 0.6 is 11.8 Å². The zero-order chi connectivity index (χ0) is 26.5. The van der Waals surface area contributed by atoms with Gasteiger partial charge in [0.25, 0.3) is 0 Å². The summed E-state index contributed by atoms with van der Waals surface area (Å²) < 4.78 is 38.3. The molecule has 2 aromatic rings. The number of para-hydroxylation sites is 1. The highest BCUT2D eigenvalue weighted by Crippen LogP contribution is 2.33. The van der Waals surface area contributed by atoms with E-state index in [9.17, 15) is 18.0 Å². The lowest BCUT2D eigenvalue weighted by Crippen LogP contribution is -2.40. The van der Waals surface area contributed by atoms with Gasteiger partial charge in [0, 0.05) is 31.8 Å². The van der Waals surface area contributed by atoms with Crippen LogP contribution in [0.15, 0.2) is 64.5 Å². The summed E-state index contributed by atoms with van der Waals surface area (Å²) in [6.45, 7) is 2.42. The zero-order valence-corrected chi connectivity index (χ0v) is 22.5. The first-order valence-electron chi connectivity index (χ1n) is 12.6. The number of nitrogens with zero attached hydrogens (tertiary/aromatic N) is 3. The van der Waals surface area contributed by atoms with E-state index in [1.807, 2.05) is 18.2 Å². The molecule has 12 heteroatoms. The first kappa shape index (κ1) is 26.8. The Kier molecular flexibility index (Phi) is 8.44. The minimum Gasteiger partial charge on any atom is -0.379 e. The maximum atomic E-state index is 13.3. The van der Waals surface area contributed by atoms with Crippen molar-refractivity contribution in [2.75, 3.05) is 44.8 Å². The Hall–Kier alpha value is -2.77. The number of morpholine rings is 1. The van der Waals surface area contributed by atoms with Crippen molar-refractivity contribution in [2.24, 2.45) is 4.99 Å². The fourth-order valence-corrected chi connectivity index (χ4v) is 7.10. The van der Waals surface area contributed by atoms with Crippen molar-refractivity contribution in [3.05, 3.63) is 54.6 Å². The number of benzene rings is 2. The highest BCUT2D eigenvalue weighted by atomic mass is 32.2. The first-order chi connectivity index (χ1) is 18.4. The first-order valence-corrected chi connectivity index (χ1v) is 14.9. The average Bonchev–Trinajstić information content (AvgIpc) is 3.54. The summed E-state index contributed by atoms with van der Waals surface area (Å²) in [5.41, 5.74) is 1.19. The normalized spacial score (nSPS) is 23.7. The maximum absolute atomic E-state index is 13.3. The van der Waals surface area contributed by atoms with Crippen LogP contribution < -0.4 is 5.32 Å². The van der Waals surface area contributed by atoms with Gasteiger partial charge in [0.05, 0.1) is 36.4 Å². The van der Waals surface area contributed by atoms with E-state index >= 15 is 0 Å². The second-order valence-corrected chi connectivity index (χ2v) is 12.3. The van der Waals surface area contributed by atoms with Crippen molar-refractivity contribution in [1.82, 2.24) is 9.21 Å². The van der Waals surface area contributed by atoms with Crippen LogP contribution in [0.1, 0.15) is 19.3 Å². The predicted octanol–water partition coefficient (Wildman–Crippen LogP) is 2.85. The number of amidine groups is 1. The molecule has 2 unspecified atom stereocenters. The van der Waals surface area contributed by atoms with Gasteiger partial charge in [-0.05, 0) is 49.2 Å². The Balaban J connectivity index is 1.32. The van der Waals surface area contributed by atoms with E-state index in [1.54, 1.807) is 29.2 Å². The molecule has 2 atom stereocenters. The minimum absolute atomic E-state index is 0.0101. The van der Waals surface area contributed by atoms with Crippen LogP contribution in [0, 0.1) is 0 Å². The number of nitrogens with one attached hydrogen (secondary N) is 1.